The van der Waals surface area contributed by atoms with Crippen molar-refractivity contribution < 1.29 is 19.1 Å². The zero-order chi connectivity index (χ0) is 27.4. The lowest BCUT2D eigenvalue weighted by molar-refractivity contribution is -0.114. The second-order valence-electron chi connectivity index (χ2n) is 8.65. The highest BCUT2D eigenvalue weighted by atomic mass is 16.5. The summed E-state index contributed by atoms with van der Waals surface area (Å²) in [5, 5.41) is 18.7. The molecule has 38 heavy (non-hydrogen) atoms. The minimum absolute atomic E-state index is 0.0327. The molecule has 7 N–H and O–H groups in total. The molecule has 0 radical (unpaired) electrons. The van der Waals surface area contributed by atoms with E-state index in [1.165, 1.54) is 14.0 Å². The van der Waals surface area contributed by atoms with Crippen LogP contribution in [0.25, 0.3) is 10.9 Å². The Morgan fingerprint density at radius 3 is 2.24 bits per heavy atom. The molecule has 4 rings (SSSR count). The second-order valence-corrected chi connectivity index (χ2v) is 8.65. The van der Waals surface area contributed by atoms with E-state index < -0.39 is 5.97 Å². The molecular weight excluding hydrogens is 484 g/mol. The van der Waals surface area contributed by atoms with E-state index in [0.717, 1.165) is 5.56 Å². The van der Waals surface area contributed by atoms with Crippen molar-refractivity contribution in [2.45, 2.75) is 20.1 Å². The smallest absolute Gasteiger partial charge is 0.357 e. The number of fused-ring (bicyclic) bond motifs is 1. The first-order valence-corrected chi connectivity index (χ1v) is 11.7. The minimum Gasteiger partial charge on any atom is -0.496 e. The maximum Gasteiger partial charge on any atom is 0.357 e. The molecule has 0 fully saturated rings. The molecular formula is C28H28N6O4. The van der Waals surface area contributed by atoms with Crippen molar-refractivity contribution in [1.82, 2.24) is 4.57 Å². The van der Waals surface area contributed by atoms with Crippen LogP contribution in [0.1, 0.15) is 39.7 Å². The summed E-state index contributed by atoms with van der Waals surface area (Å²) in [4.78, 5) is 25.8. The van der Waals surface area contributed by atoms with Gasteiger partial charge in [0.1, 0.15) is 24.0 Å². The van der Waals surface area contributed by atoms with E-state index >= 15 is 0 Å². The van der Waals surface area contributed by atoms with E-state index in [4.69, 9.17) is 31.8 Å². The van der Waals surface area contributed by atoms with Crippen molar-refractivity contribution >= 4 is 40.1 Å². The van der Waals surface area contributed by atoms with Crippen LogP contribution in [0.2, 0.25) is 0 Å². The van der Waals surface area contributed by atoms with Gasteiger partial charge >= 0.3 is 5.97 Å². The van der Waals surface area contributed by atoms with Crippen molar-refractivity contribution in [3.63, 3.8) is 0 Å². The van der Waals surface area contributed by atoms with Gasteiger partial charge in [0.05, 0.1) is 23.7 Å². The molecule has 1 amide bonds. The van der Waals surface area contributed by atoms with Gasteiger partial charge in [-0.15, -0.1) is 0 Å². The van der Waals surface area contributed by atoms with E-state index in [2.05, 4.69) is 5.32 Å². The quantitative estimate of drug-likeness (QED) is 0.130. The SMILES string of the molecule is COc1cccc2c1c(NC(C)=O)c(C(=O)OCc1ccc(C(=N)N)cc1)n2Cc1cccc(C(=N)N)c1. The van der Waals surface area contributed by atoms with Gasteiger partial charge in [-0.3, -0.25) is 15.6 Å². The summed E-state index contributed by atoms with van der Waals surface area (Å²) in [5.74, 6) is -0.648. The summed E-state index contributed by atoms with van der Waals surface area (Å²) < 4.78 is 13.0. The van der Waals surface area contributed by atoms with Crippen LogP contribution in [0.15, 0.2) is 66.7 Å². The van der Waals surface area contributed by atoms with Crippen molar-refractivity contribution in [2.75, 3.05) is 12.4 Å². The molecule has 0 aliphatic carbocycles. The van der Waals surface area contributed by atoms with Gasteiger partial charge in [-0.05, 0) is 29.3 Å². The maximum absolute atomic E-state index is 13.6. The van der Waals surface area contributed by atoms with Gasteiger partial charge in [0, 0.05) is 24.6 Å². The fraction of sp³-hybridized carbons (Fsp3) is 0.143. The van der Waals surface area contributed by atoms with Gasteiger partial charge in [-0.2, -0.15) is 0 Å². The molecule has 0 unspecified atom stereocenters. The largest absolute Gasteiger partial charge is 0.496 e. The normalized spacial score (nSPS) is 10.7. The number of anilines is 1. The molecule has 0 saturated heterocycles. The number of nitrogens with two attached hydrogens (primary N) is 2. The highest BCUT2D eigenvalue weighted by Crippen LogP contribution is 2.38. The molecule has 4 aromatic rings. The molecule has 1 aromatic heterocycles. The maximum atomic E-state index is 13.6. The van der Waals surface area contributed by atoms with Gasteiger partial charge < -0.3 is 30.8 Å². The van der Waals surface area contributed by atoms with Crippen LogP contribution in [0.3, 0.4) is 0 Å². The van der Waals surface area contributed by atoms with Crippen LogP contribution in [0.5, 0.6) is 5.75 Å². The van der Waals surface area contributed by atoms with Crippen molar-refractivity contribution in [3.8, 4) is 5.75 Å². The van der Waals surface area contributed by atoms with Crippen LogP contribution in [0, 0.1) is 10.8 Å². The summed E-state index contributed by atoms with van der Waals surface area (Å²) in [6.07, 6.45) is 0. The number of hydrogen-bond donors (Lipinski definition) is 5. The Morgan fingerprint density at radius 2 is 1.61 bits per heavy atom. The number of ether oxygens (including phenoxy) is 2. The van der Waals surface area contributed by atoms with Gasteiger partial charge in [-0.25, -0.2) is 4.79 Å². The fourth-order valence-electron chi connectivity index (χ4n) is 4.23. The molecule has 3 aromatic carbocycles. The summed E-state index contributed by atoms with van der Waals surface area (Å²) in [6, 6.07) is 19.3. The molecule has 194 valence electrons. The highest BCUT2D eigenvalue weighted by Gasteiger charge is 2.27. The zero-order valence-corrected chi connectivity index (χ0v) is 21.0. The standard InChI is InChI=1S/C28H28N6O4/c1-16(35)33-24-23-21(7-4-8-22(23)37-2)34(14-18-5-3-6-20(13-18)27(31)32)25(24)28(36)38-15-17-9-11-19(12-10-17)26(29)30/h3-13H,14-15H2,1-2H3,(H3,29,30)(H3,31,32)(H,33,35). The Morgan fingerprint density at radius 1 is 0.921 bits per heavy atom. The topological polar surface area (TPSA) is 169 Å². The highest BCUT2D eigenvalue weighted by molar-refractivity contribution is 6.13. The van der Waals surface area contributed by atoms with E-state index in [0.29, 0.717) is 33.3 Å². The average Bonchev–Trinajstić information content (AvgIpc) is 3.20. The number of carbonyl (C=O) groups is 2. The Bertz CT molecular complexity index is 1560. The van der Waals surface area contributed by atoms with Crippen molar-refractivity contribution in [2.24, 2.45) is 11.5 Å². The summed E-state index contributed by atoms with van der Waals surface area (Å²) in [6.45, 7) is 1.57. The number of nitrogen functional groups attached to an aromatic ring is 2. The number of amidine groups is 2. The average molecular weight is 513 g/mol. The molecule has 0 bridgehead atoms. The third-order valence-electron chi connectivity index (χ3n) is 5.98. The Hall–Kier alpha value is -5.12. The van der Waals surface area contributed by atoms with E-state index in [1.54, 1.807) is 59.2 Å². The predicted octanol–water partition coefficient (Wildman–Crippen LogP) is 3.58. The van der Waals surface area contributed by atoms with E-state index in [-0.39, 0.29) is 42.1 Å². The number of hydrogen-bond acceptors (Lipinski definition) is 6. The summed E-state index contributed by atoms with van der Waals surface area (Å²) >= 11 is 0. The molecule has 0 saturated carbocycles. The van der Waals surface area contributed by atoms with Gasteiger partial charge in [0.15, 0.2) is 5.69 Å². The molecule has 10 heteroatoms. The first-order chi connectivity index (χ1) is 18.2. The van der Waals surface area contributed by atoms with Crippen LogP contribution in [-0.4, -0.2) is 35.2 Å². The molecule has 10 nitrogen and oxygen atoms in total. The number of aromatic nitrogens is 1. The molecule has 0 aliphatic heterocycles. The lowest BCUT2D eigenvalue weighted by atomic mass is 10.1. The Kier molecular flexibility index (Phi) is 7.43. The monoisotopic (exact) mass is 512 g/mol. The first kappa shape index (κ1) is 26.0. The number of nitrogens with zero attached hydrogens (tertiary/aromatic N) is 1. The first-order valence-electron chi connectivity index (χ1n) is 11.7. The molecule has 0 atom stereocenters. The van der Waals surface area contributed by atoms with Crippen molar-refractivity contribution in [1.29, 1.82) is 10.8 Å². The van der Waals surface area contributed by atoms with Crippen LogP contribution >= 0.6 is 0 Å². The molecule has 1 heterocycles. The van der Waals surface area contributed by atoms with E-state index in [1.807, 2.05) is 12.1 Å². The number of rotatable bonds is 9. The van der Waals surface area contributed by atoms with Crippen molar-refractivity contribution in [3.05, 3.63) is 94.7 Å². The Balaban J connectivity index is 1.81. The summed E-state index contributed by atoms with van der Waals surface area (Å²) in [7, 11) is 1.52. The third-order valence-corrected chi connectivity index (χ3v) is 5.98. The van der Waals surface area contributed by atoms with E-state index in [9.17, 15) is 9.59 Å². The van der Waals surface area contributed by atoms with Crippen LogP contribution in [0.4, 0.5) is 5.69 Å². The minimum atomic E-state index is -0.648. The van der Waals surface area contributed by atoms with Gasteiger partial charge in [0.25, 0.3) is 0 Å². The number of amides is 1. The fourth-order valence-corrected chi connectivity index (χ4v) is 4.23. The number of esters is 1. The second kappa shape index (κ2) is 10.9. The molecule has 0 aliphatic rings. The lowest BCUT2D eigenvalue weighted by Crippen LogP contribution is -2.17. The van der Waals surface area contributed by atoms with Gasteiger partial charge in [0.2, 0.25) is 5.91 Å². The van der Waals surface area contributed by atoms with Crippen LogP contribution < -0.4 is 21.5 Å². The number of nitrogens with one attached hydrogen (secondary N) is 3. The predicted molar refractivity (Wildman–Crippen MR) is 146 cm³/mol. The van der Waals surface area contributed by atoms with Gasteiger partial charge in [-0.1, -0.05) is 48.5 Å². The van der Waals surface area contributed by atoms with Crippen LogP contribution in [-0.2, 0) is 22.7 Å². The zero-order valence-electron chi connectivity index (χ0n) is 21.0. The molecule has 0 spiro atoms. The number of methoxy groups -OCH3 is 1. The third kappa shape index (κ3) is 5.34. The Labute approximate surface area is 219 Å². The number of benzene rings is 3. The number of carbonyl (C=O) groups excluding carboxylic acids is 2. The summed E-state index contributed by atoms with van der Waals surface area (Å²) in [5.41, 5.74) is 14.9. The lowest BCUT2D eigenvalue weighted by Gasteiger charge is -2.13.